The molecule has 6 nitrogen and oxygen atoms in total. The number of fused-ring (bicyclic) bond motifs is 1. The van der Waals surface area contributed by atoms with Crippen LogP contribution in [-0.4, -0.2) is 35.7 Å². The molecule has 0 spiro atoms. The first kappa shape index (κ1) is 14.7. The Morgan fingerprint density at radius 3 is 2.45 bits per heavy atom. The van der Waals surface area contributed by atoms with Gasteiger partial charge in [-0.1, -0.05) is 18.6 Å². The molecule has 1 aliphatic heterocycles. The molecule has 2 atom stereocenters. The van der Waals surface area contributed by atoms with E-state index in [9.17, 15) is 14.7 Å². The van der Waals surface area contributed by atoms with Gasteiger partial charge in [0.25, 0.3) is 5.91 Å². The van der Waals surface area contributed by atoms with Crippen molar-refractivity contribution in [1.29, 1.82) is 0 Å². The Hall–Kier alpha value is -2.24. The third kappa shape index (κ3) is 2.49. The summed E-state index contributed by atoms with van der Waals surface area (Å²) in [6.07, 6.45) is 0.874. The fourth-order valence-electron chi connectivity index (χ4n) is 2.83. The van der Waals surface area contributed by atoms with Gasteiger partial charge in [0, 0.05) is 6.54 Å². The van der Waals surface area contributed by atoms with Gasteiger partial charge in [0.05, 0.1) is 5.41 Å². The van der Waals surface area contributed by atoms with Crippen molar-refractivity contribution >= 4 is 11.9 Å². The Morgan fingerprint density at radius 2 is 1.91 bits per heavy atom. The zero-order chi connectivity index (χ0) is 15.7. The summed E-state index contributed by atoms with van der Waals surface area (Å²) in [7, 11) is 0. The maximum Gasteiger partial charge on any atom is 0.311 e. The van der Waals surface area contributed by atoms with E-state index in [-0.39, 0.29) is 12.5 Å². The zero-order valence-electron chi connectivity index (χ0n) is 12.4. The van der Waals surface area contributed by atoms with Gasteiger partial charge in [-0.15, -0.1) is 0 Å². The summed E-state index contributed by atoms with van der Waals surface area (Å²) >= 11 is 0. The standard InChI is InChI=1S/C16H19NO5/c1-10-13(22-12-6-3-2-5-11(12)21-10)14(18)17-9-16(15(19)20)7-4-8-16/h2-3,5-6,10,13H,4,7-9H2,1H3,(H,17,18)(H,19,20). The molecule has 3 rings (SSSR count). The molecule has 6 heteroatoms. The van der Waals surface area contributed by atoms with Crippen molar-refractivity contribution in [2.24, 2.45) is 5.41 Å². The number of benzene rings is 1. The predicted molar refractivity (Wildman–Crippen MR) is 77.9 cm³/mol. The molecular weight excluding hydrogens is 286 g/mol. The first-order valence-electron chi connectivity index (χ1n) is 7.45. The minimum Gasteiger partial charge on any atom is -0.482 e. The Morgan fingerprint density at radius 1 is 1.27 bits per heavy atom. The van der Waals surface area contributed by atoms with E-state index in [1.807, 2.05) is 6.07 Å². The van der Waals surface area contributed by atoms with Gasteiger partial charge in [0.1, 0.15) is 6.10 Å². The van der Waals surface area contributed by atoms with E-state index < -0.39 is 23.6 Å². The van der Waals surface area contributed by atoms with Crippen LogP contribution in [0, 0.1) is 5.41 Å². The maximum absolute atomic E-state index is 12.3. The van der Waals surface area contributed by atoms with Crippen molar-refractivity contribution in [1.82, 2.24) is 5.32 Å². The second kappa shape index (κ2) is 5.51. The molecule has 2 aliphatic rings. The number of carboxylic acid groups (broad SMARTS) is 1. The van der Waals surface area contributed by atoms with Crippen LogP contribution in [0.3, 0.4) is 0 Å². The number of hydrogen-bond donors (Lipinski definition) is 2. The van der Waals surface area contributed by atoms with E-state index in [0.717, 1.165) is 6.42 Å². The highest BCUT2D eigenvalue weighted by atomic mass is 16.6. The summed E-state index contributed by atoms with van der Waals surface area (Å²) < 4.78 is 11.4. The van der Waals surface area contributed by atoms with Crippen LogP contribution in [0.15, 0.2) is 24.3 Å². The number of carboxylic acids is 1. The number of nitrogens with one attached hydrogen (secondary N) is 1. The topological polar surface area (TPSA) is 84.9 Å². The van der Waals surface area contributed by atoms with Gasteiger partial charge in [-0.05, 0) is 31.9 Å². The van der Waals surface area contributed by atoms with Crippen molar-refractivity contribution in [3.8, 4) is 11.5 Å². The van der Waals surface area contributed by atoms with E-state index >= 15 is 0 Å². The highest BCUT2D eigenvalue weighted by Gasteiger charge is 2.45. The summed E-state index contributed by atoms with van der Waals surface area (Å²) in [5, 5.41) is 12.0. The largest absolute Gasteiger partial charge is 0.482 e. The van der Waals surface area contributed by atoms with E-state index in [0.29, 0.717) is 24.3 Å². The molecule has 22 heavy (non-hydrogen) atoms. The lowest BCUT2D eigenvalue weighted by Crippen LogP contribution is -2.53. The fourth-order valence-corrected chi connectivity index (χ4v) is 2.83. The molecule has 118 valence electrons. The van der Waals surface area contributed by atoms with Crippen molar-refractivity contribution in [3.05, 3.63) is 24.3 Å². The van der Waals surface area contributed by atoms with Crippen LogP contribution in [0.4, 0.5) is 0 Å². The lowest BCUT2D eigenvalue weighted by molar-refractivity contribution is -0.154. The average molecular weight is 305 g/mol. The normalized spacial score (nSPS) is 25.0. The van der Waals surface area contributed by atoms with Crippen LogP contribution >= 0.6 is 0 Å². The molecule has 1 aliphatic carbocycles. The van der Waals surface area contributed by atoms with Crippen molar-refractivity contribution in [3.63, 3.8) is 0 Å². The SMILES string of the molecule is CC1Oc2ccccc2OC1C(=O)NCC1(C(=O)O)CCC1. The van der Waals surface area contributed by atoms with Crippen LogP contribution in [0.5, 0.6) is 11.5 Å². The summed E-state index contributed by atoms with van der Waals surface area (Å²) in [6.45, 7) is 1.89. The van der Waals surface area contributed by atoms with Crippen LogP contribution in [-0.2, 0) is 9.59 Å². The zero-order valence-corrected chi connectivity index (χ0v) is 12.4. The molecular formula is C16H19NO5. The minimum absolute atomic E-state index is 0.134. The van der Waals surface area contributed by atoms with Gasteiger partial charge < -0.3 is 19.9 Å². The average Bonchev–Trinajstić information content (AvgIpc) is 2.44. The number of ether oxygens (including phenoxy) is 2. The van der Waals surface area contributed by atoms with Crippen LogP contribution in [0.2, 0.25) is 0 Å². The number of rotatable bonds is 4. The molecule has 1 aromatic rings. The molecule has 2 N–H and O–H groups in total. The number of hydrogen-bond acceptors (Lipinski definition) is 4. The fraction of sp³-hybridized carbons (Fsp3) is 0.500. The van der Waals surface area contributed by atoms with E-state index in [1.54, 1.807) is 25.1 Å². The molecule has 1 saturated carbocycles. The molecule has 0 saturated heterocycles. The number of aliphatic carboxylic acids is 1. The van der Waals surface area contributed by atoms with Crippen molar-refractivity contribution in [2.45, 2.75) is 38.4 Å². The van der Waals surface area contributed by atoms with Crippen molar-refractivity contribution < 1.29 is 24.2 Å². The van der Waals surface area contributed by atoms with Gasteiger partial charge in [-0.3, -0.25) is 9.59 Å². The molecule has 0 bridgehead atoms. The Balaban J connectivity index is 1.64. The Bertz CT molecular complexity index is 596. The van der Waals surface area contributed by atoms with E-state index in [4.69, 9.17) is 9.47 Å². The summed E-state index contributed by atoms with van der Waals surface area (Å²) in [5.41, 5.74) is -0.813. The monoisotopic (exact) mass is 305 g/mol. The van der Waals surface area contributed by atoms with Crippen LogP contribution < -0.4 is 14.8 Å². The Labute approximate surface area is 128 Å². The molecule has 1 aromatic carbocycles. The molecule has 1 heterocycles. The minimum atomic E-state index is -0.849. The quantitative estimate of drug-likeness (QED) is 0.882. The maximum atomic E-state index is 12.3. The lowest BCUT2D eigenvalue weighted by atomic mass is 9.69. The lowest BCUT2D eigenvalue weighted by Gasteiger charge is -2.38. The summed E-state index contributed by atoms with van der Waals surface area (Å²) in [6, 6.07) is 7.17. The molecule has 1 amide bonds. The molecule has 0 aromatic heterocycles. The summed E-state index contributed by atoms with van der Waals surface area (Å²) in [4.78, 5) is 23.6. The number of amides is 1. The van der Waals surface area contributed by atoms with E-state index in [2.05, 4.69) is 5.32 Å². The summed E-state index contributed by atoms with van der Waals surface area (Å²) in [5.74, 6) is -0.0508. The molecule has 0 radical (unpaired) electrons. The number of carbonyl (C=O) groups excluding carboxylic acids is 1. The van der Waals surface area contributed by atoms with Gasteiger partial charge in [-0.25, -0.2) is 0 Å². The van der Waals surface area contributed by atoms with Crippen molar-refractivity contribution in [2.75, 3.05) is 6.54 Å². The third-order valence-electron chi connectivity index (χ3n) is 4.47. The highest BCUT2D eigenvalue weighted by Crippen LogP contribution is 2.40. The van der Waals surface area contributed by atoms with Gasteiger partial charge in [0.15, 0.2) is 11.5 Å². The van der Waals surface area contributed by atoms with Gasteiger partial charge >= 0.3 is 5.97 Å². The first-order chi connectivity index (χ1) is 10.5. The van der Waals surface area contributed by atoms with Crippen LogP contribution in [0.25, 0.3) is 0 Å². The Kier molecular flexibility index (Phi) is 3.68. The second-order valence-electron chi connectivity index (χ2n) is 5.96. The first-order valence-corrected chi connectivity index (χ1v) is 7.45. The van der Waals surface area contributed by atoms with Gasteiger partial charge in [-0.2, -0.15) is 0 Å². The van der Waals surface area contributed by atoms with Gasteiger partial charge in [0.2, 0.25) is 6.10 Å². The second-order valence-corrected chi connectivity index (χ2v) is 5.96. The van der Waals surface area contributed by atoms with E-state index in [1.165, 1.54) is 0 Å². The smallest absolute Gasteiger partial charge is 0.311 e. The highest BCUT2D eigenvalue weighted by molar-refractivity contribution is 5.83. The molecule has 2 unspecified atom stereocenters. The van der Waals surface area contributed by atoms with Crippen LogP contribution in [0.1, 0.15) is 26.2 Å². The molecule has 1 fully saturated rings. The number of carbonyl (C=O) groups is 2. The third-order valence-corrected chi connectivity index (χ3v) is 4.47. The predicted octanol–water partition coefficient (Wildman–Crippen LogP) is 1.59. The number of para-hydroxylation sites is 2.